The minimum absolute atomic E-state index is 0.0111. The van der Waals surface area contributed by atoms with Crippen molar-refractivity contribution in [2.45, 2.75) is 11.8 Å². The highest BCUT2D eigenvalue weighted by Gasteiger charge is 2.15. The highest BCUT2D eigenvalue weighted by molar-refractivity contribution is 8.15. The van der Waals surface area contributed by atoms with Crippen molar-refractivity contribution >= 4 is 40.8 Å². The van der Waals surface area contributed by atoms with Crippen LogP contribution in [-0.4, -0.2) is 28.8 Å². The first-order valence-electron chi connectivity index (χ1n) is 5.45. The van der Waals surface area contributed by atoms with Gasteiger partial charge in [-0.3, -0.25) is 4.79 Å². The van der Waals surface area contributed by atoms with Gasteiger partial charge >= 0.3 is 0 Å². The van der Waals surface area contributed by atoms with Crippen LogP contribution in [0.4, 0.5) is 0 Å². The molecule has 0 aliphatic carbocycles. The third-order valence-electron chi connectivity index (χ3n) is 2.16. The summed E-state index contributed by atoms with van der Waals surface area (Å²) < 4.78 is 0. The monoisotopic (exact) mass is 279 g/mol. The predicted octanol–water partition coefficient (Wildman–Crippen LogP) is 2.29. The zero-order valence-corrected chi connectivity index (χ0v) is 11.6. The van der Waals surface area contributed by atoms with Crippen molar-refractivity contribution in [2.24, 2.45) is 10.2 Å². The lowest BCUT2D eigenvalue weighted by Crippen LogP contribution is -2.19. The van der Waals surface area contributed by atoms with Crippen molar-refractivity contribution < 1.29 is 4.79 Å². The summed E-state index contributed by atoms with van der Waals surface area (Å²) in [5.74, 6) is 1.19. The first kappa shape index (κ1) is 13.2. The second-order valence-corrected chi connectivity index (χ2v) is 5.72. The fourth-order valence-corrected chi connectivity index (χ4v) is 2.57. The molecule has 18 heavy (non-hydrogen) atoms. The third-order valence-corrected chi connectivity index (χ3v) is 3.95. The van der Waals surface area contributed by atoms with Crippen LogP contribution < -0.4 is 5.32 Å². The standard InChI is InChI=1S/C12H13N3OS2/c1-9-2-4-10(5-3-9)17-7-6-13-15-12-14-11(16)8-18-12/h2-6H,7-8H2,1H3,(H,14,15,16)/b13-6-. The molecule has 0 radical (unpaired) electrons. The molecular weight excluding hydrogens is 266 g/mol. The molecular formula is C12H13N3OS2. The maximum Gasteiger partial charge on any atom is 0.236 e. The van der Waals surface area contributed by atoms with E-state index in [2.05, 4.69) is 46.7 Å². The first-order chi connectivity index (χ1) is 8.74. The minimum Gasteiger partial charge on any atom is -0.303 e. The van der Waals surface area contributed by atoms with Crippen molar-refractivity contribution in [3.8, 4) is 0 Å². The number of carbonyl (C=O) groups is 1. The van der Waals surface area contributed by atoms with Gasteiger partial charge in [-0.25, -0.2) is 0 Å². The Morgan fingerprint density at radius 3 is 2.89 bits per heavy atom. The number of hydrogen-bond donors (Lipinski definition) is 1. The van der Waals surface area contributed by atoms with E-state index in [0.717, 1.165) is 5.75 Å². The number of amidine groups is 1. The molecule has 1 aromatic rings. The van der Waals surface area contributed by atoms with Gasteiger partial charge in [0.2, 0.25) is 5.91 Å². The van der Waals surface area contributed by atoms with Gasteiger partial charge in [0, 0.05) is 16.9 Å². The number of nitrogens with one attached hydrogen (secondary N) is 1. The molecule has 0 spiro atoms. The van der Waals surface area contributed by atoms with E-state index < -0.39 is 0 Å². The topological polar surface area (TPSA) is 53.8 Å². The number of carbonyl (C=O) groups excluding carboxylic acids is 1. The Hall–Kier alpha value is -1.27. The van der Waals surface area contributed by atoms with Gasteiger partial charge in [0.15, 0.2) is 5.17 Å². The van der Waals surface area contributed by atoms with Crippen molar-refractivity contribution in [1.29, 1.82) is 0 Å². The van der Waals surface area contributed by atoms with Crippen LogP contribution >= 0.6 is 23.5 Å². The van der Waals surface area contributed by atoms with E-state index in [-0.39, 0.29) is 5.91 Å². The van der Waals surface area contributed by atoms with E-state index in [1.165, 1.54) is 22.2 Å². The summed E-state index contributed by atoms with van der Waals surface area (Å²) in [6.07, 6.45) is 1.74. The fourth-order valence-electron chi connectivity index (χ4n) is 1.27. The Morgan fingerprint density at radius 2 is 2.22 bits per heavy atom. The molecule has 1 N–H and O–H groups in total. The molecule has 1 heterocycles. The third kappa shape index (κ3) is 4.19. The molecule has 6 heteroatoms. The Balaban J connectivity index is 1.75. The molecule has 1 amide bonds. The number of amides is 1. The van der Waals surface area contributed by atoms with Crippen LogP contribution in [0.25, 0.3) is 0 Å². The smallest absolute Gasteiger partial charge is 0.236 e. The van der Waals surface area contributed by atoms with Gasteiger partial charge in [0.1, 0.15) is 0 Å². The lowest BCUT2D eigenvalue weighted by Gasteiger charge is -1.97. The second-order valence-electron chi connectivity index (χ2n) is 3.66. The van der Waals surface area contributed by atoms with E-state index in [1.54, 1.807) is 18.0 Å². The van der Waals surface area contributed by atoms with Crippen LogP contribution in [0.1, 0.15) is 5.56 Å². The average molecular weight is 279 g/mol. The van der Waals surface area contributed by atoms with Crippen LogP contribution in [0.2, 0.25) is 0 Å². The maximum atomic E-state index is 10.9. The van der Waals surface area contributed by atoms with E-state index in [1.807, 2.05) is 0 Å². The van der Waals surface area contributed by atoms with Gasteiger partial charge in [-0.05, 0) is 19.1 Å². The normalized spacial score (nSPS) is 17.6. The SMILES string of the molecule is Cc1ccc(SC/C=N\N=C2\NC(=O)CS2)cc1. The molecule has 0 aromatic heterocycles. The number of benzene rings is 1. The van der Waals surface area contributed by atoms with Gasteiger partial charge < -0.3 is 5.32 Å². The van der Waals surface area contributed by atoms with E-state index >= 15 is 0 Å². The highest BCUT2D eigenvalue weighted by atomic mass is 32.2. The second kappa shape index (κ2) is 6.61. The molecule has 0 saturated carbocycles. The van der Waals surface area contributed by atoms with Gasteiger partial charge in [-0.1, -0.05) is 29.5 Å². The van der Waals surface area contributed by atoms with Crippen LogP contribution in [-0.2, 0) is 4.79 Å². The van der Waals surface area contributed by atoms with Crippen molar-refractivity contribution in [2.75, 3.05) is 11.5 Å². The largest absolute Gasteiger partial charge is 0.303 e. The van der Waals surface area contributed by atoms with E-state index in [9.17, 15) is 4.79 Å². The van der Waals surface area contributed by atoms with Gasteiger partial charge in [-0.15, -0.1) is 16.9 Å². The number of thioether (sulfide) groups is 2. The first-order valence-corrected chi connectivity index (χ1v) is 7.43. The molecule has 1 fully saturated rings. The minimum atomic E-state index is -0.0111. The van der Waals surface area contributed by atoms with Gasteiger partial charge in [0.25, 0.3) is 0 Å². The summed E-state index contributed by atoms with van der Waals surface area (Å²) in [5.41, 5.74) is 1.26. The summed E-state index contributed by atoms with van der Waals surface area (Å²) in [6.45, 7) is 2.07. The zero-order valence-electron chi connectivity index (χ0n) is 9.92. The average Bonchev–Trinajstić information content (AvgIpc) is 2.77. The Labute approximate surface area is 114 Å². The number of rotatable bonds is 4. The number of nitrogens with zero attached hydrogens (tertiary/aromatic N) is 2. The molecule has 0 atom stereocenters. The summed E-state index contributed by atoms with van der Waals surface area (Å²) in [4.78, 5) is 12.1. The van der Waals surface area contributed by atoms with Crippen LogP contribution in [0.15, 0.2) is 39.4 Å². The van der Waals surface area contributed by atoms with Crippen LogP contribution in [0, 0.1) is 6.92 Å². The Kier molecular flexibility index (Phi) is 4.83. The summed E-state index contributed by atoms with van der Waals surface area (Å²) >= 11 is 3.07. The lowest BCUT2D eigenvalue weighted by atomic mass is 10.2. The summed E-state index contributed by atoms with van der Waals surface area (Å²) in [6, 6.07) is 8.36. The molecule has 1 saturated heterocycles. The summed E-state index contributed by atoms with van der Waals surface area (Å²) in [7, 11) is 0. The predicted molar refractivity (Wildman–Crippen MR) is 78.4 cm³/mol. The molecule has 1 aliphatic heterocycles. The maximum absolute atomic E-state index is 10.9. The molecule has 4 nitrogen and oxygen atoms in total. The van der Waals surface area contributed by atoms with Crippen molar-refractivity contribution in [1.82, 2.24) is 5.32 Å². The Bertz CT molecular complexity index is 483. The molecule has 1 aliphatic rings. The quantitative estimate of drug-likeness (QED) is 0.523. The van der Waals surface area contributed by atoms with Crippen LogP contribution in [0.3, 0.4) is 0 Å². The molecule has 2 rings (SSSR count). The van der Waals surface area contributed by atoms with Crippen molar-refractivity contribution in [3.63, 3.8) is 0 Å². The highest BCUT2D eigenvalue weighted by Crippen LogP contribution is 2.17. The lowest BCUT2D eigenvalue weighted by molar-refractivity contribution is -0.116. The molecule has 0 bridgehead atoms. The molecule has 0 unspecified atom stereocenters. The Morgan fingerprint density at radius 1 is 1.44 bits per heavy atom. The number of aryl methyl sites for hydroxylation is 1. The molecule has 94 valence electrons. The van der Waals surface area contributed by atoms with Crippen LogP contribution in [0.5, 0.6) is 0 Å². The number of hydrogen-bond acceptors (Lipinski definition) is 5. The fraction of sp³-hybridized carbons (Fsp3) is 0.250. The zero-order chi connectivity index (χ0) is 12.8. The van der Waals surface area contributed by atoms with Crippen molar-refractivity contribution in [3.05, 3.63) is 29.8 Å². The summed E-state index contributed by atoms with van der Waals surface area (Å²) in [5, 5.41) is 11.1. The molecule has 1 aromatic carbocycles. The van der Waals surface area contributed by atoms with Gasteiger partial charge in [0.05, 0.1) is 5.75 Å². The van der Waals surface area contributed by atoms with E-state index in [0.29, 0.717) is 10.9 Å². The van der Waals surface area contributed by atoms with Gasteiger partial charge in [-0.2, -0.15) is 5.10 Å². The van der Waals surface area contributed by atoms with E-state index in [4.69, 9.17) is 0 Å².